The van der Waals surface area contributed by atoms with Gasteiger partial charge in [-0.15, -0.1) is 0 Å². The second-order valence-corrected chi connectivity index (χ2v) is 8.05. The molecule has 8 heteroatoms. The molecule has 0 fully saturated rings. The zero-order valence-corrected chi connectivity index (χ0v) is 14.9. The van der Waals surface area contributed by atoms with E-state index >= 15 is 0 Å². The normalized spacial score (nSPS) is 11.8. The van der Waals surface area contributed by atoms with Crippen LogP contribution in [0.2, 0.25) is 0 Å². The number of sulfone groups is 1. The fourth-order valence-electron chi connectivity index (χ4n) is 2.56. The largest absolute Gasteiger partial charge is 0.493 e. The molecule has 7 nitrogen and oxygen atoms in total. The van der Waals surface area contributed by atoms with Crippen LogP contribution in [0.15, 0.2) is 47.9 Å². The van der Waals surface area contributed by atoms with Crippen LogP contribution in [-0.2, 0) is 9.84 Å². The predicted octanol–water partition coefficient (Wildman–Crippen LogP) is 2.56. The molecule has 2 heterocycles. The van der Waals surface area contributed by atoms with E-state index in [-0.39, 0.29) is 22.6 Å². The highest BCUT2D eigenvalue weighted by molar-refractivity contribution is 7.90. The van der Waals surface area contributed by atoms with Crippen LogP contribution in [0, 0.1) is 0 Å². The Hall–Kier alpha value is -2.74. The molecule has 3 rings (SSSR count). The summed E-state index contributed by atoms with van der Waals surface area (Å²) in [6.45, 7) is 3.83. The van der Waals surface area contributed by atoms with E-state index in [2.05, 4.69) is 15.0 Å². The zero-order chi connectivity index (χ0) is 18.2. The van der Waals surface area contributed by atoms with Crippen molar-refractivity contribution >= 4 is 9.84 Å². The van der Waals surface area contributed by atoms with E-state index in [0.717, 1.165) is 6.26 Å². The molecule has 0 spiro atoms. The van der Waals surface area contributed by atoms with Crippen LogP contribution in [0.4, 0.5) is 0 Å². The standard InChI is InChI=1S/C17H18N4O3S/c1-11(2)14-15(12-5-4-6-13(9-12)25(3,23)24)19-17(20-16(14)22)21-8-7-18-10-21/h4-11H,1-3H3,(H,19,20,22). The third kappa shape index (κ3) is 3.39. The Balaban J connectivity index is 2.27. The average molecular weight is 358 g/mol. The topological polar surface area (TPSA) is 98.0 Å². The van der Waals surface area contributed by atoms with Gasteiger partial charge in [-0.3, -0.25) is 4.57 Å². The van der Waals surface area contributed by atoms with Crippen molar-refractivity contribution in [3.63, 3.8) is 0 Å². The lowest BCUT2D eigenvalue weighted by Crippen LogP contribution is -2.06. The average Bonchev–Trinajstić information content (AvgIpc) is 3.07. The molecular weight excluding hydrogens is 340 g/mol. The van der Waals surface area contributed by atoms with Gasteiger partial charge in [0.25, 0.3) is 0 Å². The number of aromatic nitrogens is 4. The maximum Gasteiger partial charge on any atom is 0.238 e. The van der Waals surface area contributed by atoms with Crippen LogP contribution in [0.5, 0.6) is 5.88 Å². The van der Waals surface area contributed by atoms with Gasteiger partial charge in [0.15, 0.2) is 9.84 Å². The van der Waals surface area contributed by atoms with E-state index in [1.807, 2.05) is 13.8 Å². The van der Waals surface area contributed by atoms with Crippen molar-refractivity contribution < 1.29 is 13.5 Å². The van der Waals surface area contributed by atoms with Gasteiger partial charge < -0.3 is 5.11 Å². The summed E-state index contributed by atoms with van der Waals surface area (Å²) in [7, 11) is -3.35. The molecule has 0 saturated heterocycles. The predicted molar refractivity (Wildman–Crippen MR) is 93.5 cm³/mol. The Kier molecular flexibility index (Phi) is 4.30. The monoisotopic (exact) mass is 358 g/mol. The number of benzene rings is 1. The summed E-state index contributed by atoms with van der Waals surface area (Å²) in [4.78, 5) is 12.8. The first-order valence-corrected chi connectivity index (χ1v) is 9.56. The van der Waals surface area contributed by atoms with Crippen molar-refractivity contribution in [3.05, 3.63) is 48.5 Å². The molecule has 0 unspecified atom stereocenters. The highest BCUT2D eigenvalue weighted by Gasteiger charge is 2.20. The lowest BCUT2D eigenvalue weighted by Gasteiger charge is -2.15. The quantitative estimate of drug-likeness (QED) is 0.770. The first-order valence-electron chi connectivity index (χ1n) is 7.67. The minimum Gasteiger partial charge on any atom is -0.493 e. The van der Waals surface area contributed by atoms with Gasteiger partial charge in [-0.1, -0.05) is 26.0 Å². The molecule has 0 bridgehead atoms. The van der Waals surface area contributed by atoms with Crippen molar-refractivity contribution in [2.45, 2.75) is 24.7 Å². The van der Waals surface area contributed by atoms with E-state index < -0.39 is 9.84 Å². The molecule has 0 amide bonds. The highest BCUT2D eigenvalue weighted by atomic mass is 32.2. The van der Waals surface area contributed by atoms with Gasteiger partial charge in [-0.2, -0.15) is 4.98 Å². The van der Waals surface area contributed by atoms with E-state index in [0.29, 0.717) is 16.8 Å². The van der Waals surface area contributed by atoms with Crippen LogP contribution in [0.3, 0.4) is 0 Å². The van der Waals surface area contributed by atoms with Crippen LogP contribution in [-0.4, -0.2) is 39.3 Å². The van der Waals surface area contributed by atoms with Gasteiger partial charge in [0.05, 0.1) is 10.6 Å². The van der Waals surface area contributed by atoms with Crippen LogP contribution >= 0.6 is 0 Å². The lowest BCUT2D eigenvalue weighted by molar-refractivity contribution is 0.440. The van der Waals surface area contributed by atoms with Crippen LogP contribution in [0.25, 0.3) is 17.2 Å². The second-order valence-electron chi connectivity index (χ2n) is 6.03. The summed E-state index contributed by atoms with van der Waals surface area (Å²) < 4.78 is 25.3. The molecule has 0 atom stereocenters. The minimum absolute atomic E-state index is 0.0475. The summed E-state index contributed by atoms with van der Waals surface area (Å²) in [5, 5.41) is 10.4. The Labute approximate surface area is 146 Å². The Morgan fingerprint density at radius 3 is 2.56 bits per heavy atom. The van der Waals surface area contributed by atoms with Crippen molar-refractivity contribution in [1.82, 2.24) is 19.5 Å². The number of hydrogen-bond donors (Lipinski definition) is 1. The van der Waals surface area contributed by atoms with Crippen LogP contribution in [0.1, 0.15) is 25.3 Å². The number of aromatic hydroxyl groups is 1. The van der Waals surface area contributed by atoms with Gasteiger partial charge in [0.1, 0.15) is 6.33 Å². The Bertz CT molecular complexity index is 1010. The summed E-state index contributed by atoms with van der Waals surface area (Å²) in [5.41, 5.74) is 1.66. The number of hydrogen-bond acceptors (Lipinski definition) is 6. The molecule has 1 N–H and O–H groups in total. The minimum atomic E-state index is -3.35. The Morgan fingerprint density at radius 2 is 1.96 bits per heavy atom. The maximum absolute atomic E-state index is 11.9. The van der Waals surface area contributed by atoms with E-state index in [1.165, 1.54) is 12.4 Å². The SMILES string of the molecule is CC(C)c1c(O)nc(-n2ccnc2)nc1-c1cccc(S(C)(=O)=O)c1. The Morgan fingerprint density at radius 1 is 1.20 bits per heavy atom. The van der Waals surface area contributed by atoms with Crippen LogP contribution < -0.4 is 0 Å². The lowest BCUT2D eigenvalue weighted by atomic mass is 9.98. The molecule has 130 valence electrons. The second kappa shape index (κ2) is 6.29. The fourth-order valence-corrected chi connectivity index (χ4v) is 3.23. The zero-order valence-electron chi connectivity index (χ0n) is 14.1. The van der Waals surface area contributed by atoms with E-state index in [4.69, 9.17) is 0 Å². The molecule has 0 aliphatic heterocycles. The smallest absolute Gasteiger partial charge is 0.238 e. The fraction of sp³-hybridized carbons (Fsp3) is 0.235. The van der Waals surface area contributed by atoms with Gasteiger partial charge in [0.2, 0.25) is 11.8 Å². The van der Waals surface area contributed by atoms with Gasteiger partial charge >= 0.3 is 0 Å². The molecular formula is C17H18N4O3S. The third-order valence-corrected chi connectivity index (χ3v) is 4.87. The van der Waals surface area contributed by atoms with Gasteiger partial charge in [-0.05, 0) is 18.1 Å². The number of rotatable bonds is 4. The molecule has 0 aliphatic rings. The van der Waals surface area contributed by atoms with Gasteiger partial charge in [-0.25, -0.2) is 18.4 Å². The van der Waals surface area contributed by atoms with E-state index in [9.17, 15) is 13.5 Å². The summed E-state index contributed by atoms with van der Waals surface area (Å²) in [6, 6.07) is 6.51. The molecule has 0 radical (unpaired) electrons. The maximum atomic E-state index is 11.9. The molecule has 0 saturated carbocycles. The number of nitrogens with zero attached hydrogens (tertiary/aromatic N) is 4. The third-order valence-electron chi connectivity index (χ3n) is 3.76. The molecule has 25 heavy (non-hydrogen) atoms. The first-order chi connectivity index (χ1) is 11.8. The molecule has 1 aromatic carbocycles. The van der Waals surface area contributed by atoms with Crippen molar-refractivity contribution in [3.8, 4) is 23.1 Å². The van der Waals surface area contributed by atoms with Gasteiger partial charge in [0, 0.05) is 29.8 Å². The highest BCUT2D eigenvalue weighted by Crippen LogP contribution is 2.34. The van der Waals surface area contributed by atoms with Crippen molar-refractivity contribution in [2.24, 2.45) is 0 Å². The molecule has 3 aromatic rings. The van der Waals surface area contributed by atoms with Crippen molar-refractivity contribution in [2.75, 3.05) is 6.26 Å². The summed E-state index contributed by atoms with van der Waals surface area (Å²) in [6.07, 6.45) is 5.94. The molecule has 0 aliphatic carbocycles. The summed E-state index contributed by atoms with van der Waals surface area (Å²) in [5.74, 6) is 0.0846. The first kappa shape index (κ1) is 17.1. The van der Waals surface area contributed by atoms with E-state index in [1.54, 1.807) is 35.2 Å². The molecule has 2 aromatic heterocycles. The summed E-state index contributed by atoms with van der Waals surface area (Å²) >= 11 is 0. The number of imidazole rings is 1. The van der Waals surface area contributed by atoms with Crippen molar-refractivity contribution in [1.29, 1.82) is 0 Å².